The molecule has 0 bridgehead atoms. The van der Waals surface area contributed by atoms with E-state index in [1.807, 2.05) is 0 Å². The van der Waals surface area contributed by atoms with E-state index < -0.39 is 18.2 Å². The number of hydrogen-bond acceptors (Lipinski definition) is 1. The van der Waals surface area contributed by atoms with Crippen LogP contribution in [0.15, 0.2) is 0 Å². The Hall–Kier alpha value is -0.250. The summed E-state index contributed by atoms with van der Waals surface area (Å²) in [6.45, 7) is 0. The lowest BCUT2D eigenvalue weighted by molar-refractivity contribution is -0.137. The number of rotatable bonds is 3. The molecular formula is C9H15F3O. The summed E-state index contributed by atoms with van der Waals surface area (Å²) in [5, 5.41) is 9.72. The van der Waals surface area contributed by atoms with Crippen molar-refractivity contribution in [2.45, 2.75) is 56.7 Å². The fraction of sp³-hybridized carbons (Fsp3) is 1.00. The molecule has 1 fully saturated rings. The van der Waals surface area contributed by atoms with Crippen LogP contribution in [0.1, 0.15) is 44.9 Å². The number of alkyl halides is 3. The first kappa shape index (κ1) is 10.8. The monoisotopic (exact) mass is 196 g/mol. The zero-order valence-corrected chi connectivity index (χ0v) is 7.53. The van der Waals surface area contributed by atoms with Gasteiger partial charge in [0.15, 0.2) is 0 Å². The van der Waals surface area contributed by atoms with Gasteiger partial charge in [0.25, 0.3) is 0 Å². The van der Waals surface area contributed by atoms with Gasteiger partial charge in [0, 0.05) is 6.42 Å². The van der Waals surface area contributed by atoms with Gasteiger partial charge in [-0.05, 0) is 25.7 Å². The molecule has 1 aliphatic rings. The van der Waals surface area contributed by atoms with E-state index in [2.05, 4.69) is 0 Å². The summed E-state index contributed by atoms with van der Waals surface area (Å²) in [5.41, 5.74) is -0.786. The molecule has 0 aromatic heterocycles. The zero-order valence-electron chi connectivity index (χ0n) is 7.53. The Morgan fingerprint density at radius 1 is 1.15 bits per heavy atom. The predicted molar refractivity (Wildman–Crippen MR) is 43.3 cm³/mol. The molecule has 4 heteroatoms. The van der Waals surface area contributed by atoms with Crippen LogP contribution >= 0.6 is 0 Å². The van der Waals surface area contributed by atoms with E-state index >= 15 is 0 Å². The van der Waals surface area contributed by atoms with Crippen molar-refractivity contribution in [3.8, 4) is 0 Å². The summed E-state index contributed by atoms with van der Waals surface area (Å²) in [4.78, 5) is 0. The molecule has 0 atom stereocenters. The van der Waals surface area contributed by atoms with Crippen LogP contribution < -0.4 is 0 Å². The molecule has 1 N–H and O–H groups in total. The molecule has 1 aliphatic carbocycles. The summed E-state index contributed by atoms with van der Waals surface area (Å²) < 4.78 is 35.3. The van der Waals surface area contributed by atoms with Crippen molar-refractivity contribution in [3.63, 3.8) is 0 Å². The first-order valence-electron chi connectivity index (χ1n) is 4.70. The van der Waals surface area contributed by atoms with Gasteiger partial charge in [-0.2, -0.15) is 13.2 Å². The SMILES string of the molecule is OC1(CCCC(F)(F)F)CCCC1. The normalized spacial score (nSPS) is 22.2. The highest BCUT2D eigenvalue weighted by Crippen LogP contribution is 2.35. The van der Waals surface area contributed by atoms with E-state index in [1.54, 1.807) is 0 Å². The molecule has 0 unspecified atom stereocenters. The Kier molecular flexibility index (Phi) is 3.22. The van der Waals surface area contributed by atoms with E-state index in [-0.39, 0.29) is 6.42 Å². The Morgan fingerprint density at radius 3 is 2.15 bits per heavy atom. The molecule has 78 valence electrons. The first-order valence-corrected chi connectivity index (χ1v) is 4.70. The third-order valence-electron chi connectivity index (χ3n) is 2.64. The molecule has 1 nitrogen and oxygen atoms in total. The fourth-order valence-corrected chi connectivity index (χ4v) is 1.90. The highest BCUT2D eigenvalue weighted by molar-refractivity contribution is 4.83. The van der Waals surface area contributed by atoms with Crippen LogP contribution in [0, 0.1) is 0 Å². The van der Waals surface area contributed by atoms with Crippen molar-refractivity contribution in [1.29, 1.82) is 0 Å². The fourth-order valence-electron chi connectivity index (χ4n) is 1.90. The summed E-state index contributed by atoms with van der Waals surface area (Å²) >= 11 is 0. The molecule has 0 aliphatic heterocycles. The summed E-state index contributed by atoms with van der Waals surface area (Å²) in [5.74, 6) is 0. The highest BCUT2D eigenvalue weighted by atomic mass is 19.4. The molecule has 0 radical (unpaired) electrons. The van der Waals surface area contributed by atoms with Crippen molar-refractivity contribution < 1.29 is 18.3 Å². The minimum absolute atomic E-state index is 0.0556. The van der Waals surface area contributed by atoms with Gasteiger partial charge in [-0.25, -0.2) is 0 Å². The van der Waals surface area contributed by atoms with E-state index in [0.29, 0.717) is 19.3 Å². The van der Waals surface area contributed by atoms with E-state index in [0.717, 1.165) is 12.8 Å². The Morgan fingerprint density at radius 2 is 1.69 bits per heavy atom. The Bertz CT molecular complexity index is 159. The molecule has 13 heavy (non-hydrogen) atoms. The lowest BCUT2D eigenvalue weighted by Gasteiger charge is -2.21. The van der Waals surface area contributed by atoms with Gasteiger partial charge >= 0.3 is 6.18 Å². The Balaban J connectivity index is 2.18. The van der Waals surface area contributed by atoms with Gasteiger partial charge in [-0.1, -0.05) is 12.8 Å². The molecular weight excluding hydrogens is 181 g/mol. The van der Waals surface area contributed by atoms with E-state index in [1.165, 1.54) is 0 Å². The smallest absolute Gasteiger partial charge is 0.389 e. The second-order valence-electron chi connectivity index (χ2n) is 3.90. The maximum atomic E-state index is 11.8. The molecule has 0 aromatic rings. The van der Waals surface area contributed by atoms with Crippen molar-refractivity contribution in [2.24, 2.45) is 0 Å². The van der Waals surface area contributed by atoms with Gasteiger partial charge in [0.05, 0.1) is 5.60 Å². The van der Waals surface area contributed by atoms with Gasteiger partial charge < -0.3 is 5.11 Å². The van der Waals surface area contributed by atoms with Crippen molar-refractivity contribution in [1.82, 2.24) is 0 Å². The lowest BCUT2D eigenvalue weighted by Crippen LogP contribution is -2.24. The third kappa shape index (κ3) is 3.98. The molecule has 1 saturated carbocycles. The van der Waals surface area contributed by atoms with Crippen LogP contribution in [0.2, 0.25) is 0 Å². The van der Waals surface area contributed by atoms with E-state index in [4.69, 9.17) is 0 Å². The number of hydrogen-bond donors (Lipinski definition) is 1. The van der Waals surface area contributed by atoms with Crippen molar-refractivity contribution >= 4 is 0 Å². The minimum Gasteiger partial charge on any atom is -0.390 e. The molecule has 0 spiro atoms. The maximum absolute atomic E-state index is 11.8. The van der Waals surface area contributed by atoms with E-state index in [9.17, 15) is 18.3 Å². The molecule has 0 amide bonds. The van der Waals surface area contributed by atoms with Crippen molar-refractivity contribution in [2.75, 3.05) is 0 Å². The molecule has 0 heterocycles. The first-order chi connectivity index (χ1) is 5.91. The van der Waals surface area contributed by atoms with Crippen LogP contribution in [0.4, 0.5) is 13.2 Å². The van der Waals surface area contributed by atoms with Crippen LogP contribution in [0.5, 0.6) is 0 Å². The van der Waals surface area contributed by atoms with Crippen LogP contribution in [0.25, 0.3) is 0 Å². The standard InChI is InChI=1S/C9H15F3O/c10-9(11,12)7-3-6-8(13)4-1-2-5-8/h13H,1-7H2. The number of halogens is 3. The van der Waals surface area contributed by atoms with Crippen molar-refractivity contribution in [3.05, 3.63) is 0 Å². The molecule has 1 rings (SSSR count). The predicted octanol–water partition coefficient (Wildman–Crippen LogP) is 3.02. The number of aliphatic hydroxyl groups is 1. The third-order valence-corrected chi connectivity index (χ3v) is 2.64. The van der Waals surface area contributed by atoms with Crippen LogP contribution in [-0.4, -0.2) is 16.9 Å². The molecule has 0 aromatic carbocycles. The Labute approximate surface area is 75.9 Å². The van der Waals surface area contributed by atoms with Gasteiger partial charge in [-0.3, -0.25) is 0 Å². The average Bonchev–Trinajstić information content (AvgIpc) is 2.33. The van der Waals surface area contributed by atoms with Gasteiger partial charge in [0.2, 0.25) is 0 Å². The summed E-state index contributed by atoms with van der Waals surface area (Å²) in [6, 6.07) is 0. The minimum atomic E-state index is -4.07. The van der Waals surface area contributed by atoms with Gasteiger partial charge in [0.1, 0.15) is 0 Å². The largest absolute Gasteiger partial charge is 0.390 e. The topological polar surface area (TPSA) is 20.2 Å². The second kappa shape index (κ2) is 3.86. The maximum Gasteiger partial charge on any atom is 0.389 e. The summed E-state index contributed by atoms with van der Waals surface area (Å²) in [6.07, 6.45) is -1.25. The summed E-state index contributed by atoms with van der Waals surface area (Å²) in [7, 11) is 0. The van der Waals surface area contributed by atoms with Gasteiger partial charge in [-0.15, -0.1) is 0 Å². The zero-order chi connectivity index (χ0) is 9.95. The molecule has 0 saturated heterocycles. The van der Waals surface area contributed by atoms with Crippen LogP contribution in [-0.2, 0) is 0 Å². The quantitative estimate of drug-likeness (QED) is 0.735. The average molecular weight is 196 g/mol. The van der Waals surface area contributed by atoms with Crippen LogP contribution in [0.3, 0.4) is 0 Å². The second-order valence-corrected chi connectivity index (χ2v) is 3.90. The lowest BCUT2D eigenvalue weighted by atomic mass is 9.95. The highest BCUT2D eigenvalue weighted by Gasteiger charge is 2.33.